The molecule has 0 radical (unpaired) electrons. The van der Waals surface area contributed by atoms with E-state index in [0.29, 0.717) is 49.4 Å². The summed E-state index contributed by atoms with van der Waals surface area (Å²) < 4.78 is 17.0. The predicted octanol–water partition coefficient (Wildman–Crippen LogP) is 6.86. The van der Waals surface area contributed by atoms with Crippen molar-refractivity contribution in [1.82, 2.24) is 4.90 Å². The Labute approximate surface area is 236 Å². The van der Waals surface area contributed by atoms with Crippen LogP contribution in [0.25, 0.3) is 0 Å². The van der Waals surface area contributed by atoms with Gasteiger partial charge in [-0.3, -0.25) is 0 Å². The number of aliphatic carboxylic acids is 1. The Morgan fingerprint density at radius 2 is 1.52 bits per heavy atom. The van der Waals surface area contributed by atoms with E-state index in [4.69, 9.17) is 14.2 Å². The molecule has 3 aromatic rings. The number of carbonyl (C=O) groups is 2. The third kappa shape index (κ3) is 10.6. The number of hydrogen-bond donors (Lipinski definition) is 2. The fourth-order valence-corrected chi connectivity index (χ4v) is 4.07. The average Bonchev–Trinajstić information content (AvgIpc) is 2.94. The van der Waals surface area contributed by atoms with E-state index in [1.807, 2.05) is 78.9 Å². The van der Waals surface area contributed by atoms with E-state index < -0.39 is 12.1 Å². The normalized spacial score (nSPS) is 11.6. The maximum Gasteiger partial charge on any atom is 0.333 e. The van der Waals surface area contributed by atoms with Gasteiger partial charge in [0.15, 0.2) is 6.10 Å². The van der Waals surface area contributed by atoms with E-state index in [1.165, 1.54) is 0 Å². The van der Waals surface area contributed by atoms with E-state index in [-0.39, 0.29) is 12.5 Å². The molecule has 8 heteroatoms. The SMILES string of the molecule is CCOC(Cc1ccc(OCCN(CCCC(C)C)C(=O)Nc2ccc(Oc3ccccc3)cc2)cc1)C(=O)O. The molecule has 3 rings (SSSR count). The van der Waals surface area contributed by atoms with Gasteiger partial charge >= 0.3 is 12.0 Å². The summed E-state index contributed by atoms with van der Waals surface area (Å²) in [5.41, 5.74) is 1.53. The van der Waals surface area contributed by atoms with E-state index in [1.54, 1.807) is 11.8 Å². The van der Waals surface area contributed by atoms with Crippen LogP contribution in [0.1, 0.15) is 39.2 Å². The number of carboxylic acid groups (broad SMARTS) is 1. The first-order valence-electron chi connectivity index (χ1n) is 13.8. The summed E-state index contributed by atoms with van der Waals surface area (Å²) in [5, 5.41) is 12.3. The summed E-state index contributed by atoms with van der Waals surface area (Å²) in [6, 6.07) is 23.9. The molecule has 0 bridgehead atoms. The van der Waals surface area contributed by atoms with Crippen molar-refractivity contribution in [3.05, 3.63) is 84.4 Å². The highest BCUT2D eigenvalue weighted by atomic mass is 16.5. The second-order valence-electron chi connectivity index (χ2n) is 9.87. The van der Waals surface area contributed by atoms with Crippen LogP contribution < -0.4 is 14.8 Å². The first-order chi connectivity index (χ1) is 19.3. The molecule has 0 spiro atoms. The number of carboxylic acids is 1. The fourth-order valence-electron chi connectivity index (χ4n) is 4.07. The van der Waals surface area contributed by atoms with Gasteiger partial charge in [-0.2, -0.15) is 0 Å². The molecule has 0 saturated carbocycles. The molecule has 2 amide bonds. The lowest BCUT2D eigenvalue weighted by atomic mass is 10.1. The lowest BCUT2D eigenvalue weighted by molar-refractivity contribution is -0.149. The standard InChI is InChI=1S/C32H40N2O6/c1-4-38-30(31(35)36)23-25-12-16-27(17-13-25)39-22-21-34(20-8-9-24(2)3)32(37)33-26-14-18-29(19-15-26)40-28-10-6-5-7-11-28/h5-7,10-19,24,30H,4,8-9,20-23H2,1-3H3,(H,33,37)(H,35,36). The van der Waals surface area contributed by atoms with Crippen molar-refractivity contribution < 1.29 is 28.9 Å². The van der Waals surface area contributed by atoms with Gasteiger partial charge in [-0.1, -0.05) is 44.2 Å². The van der Waals surface area contributed by atoms with Crippen molar-refractivity contribution in [3.8, 4) is 17.2 Å². The highest BCUT2D eigenvalue weighted by Crippen LogP contribution is 2.23. The molecule has 214 valence electrons. The molecule has 0 fully saturated rings. The molecule has 0 aliphatic carbocycles. The minimum atomic E-state index is -0.977. The van der Waals surface area contributed by atoms with Crippen LogP contribution in [0.4, 0.5) is 10.5 Å². The lowest BCUT2D eigenvalue weighted by Gasteiger charge is -2.24. The number of anilines is 1. The molecule has 1 unspecified atom stereocenters. The van der Waals surface area contributed by atoms with Crippen molar-refractivity contribution in [3.63, 3.8) is 0 Å². The van der Waals surface area contributed by atoms with Gasteiger partial charge in [0.25, 0.3) is 0 Å². The largest absolute Gasteiger partial charge is 0.492 e. The molecular weight excluding hydrogens is 508 g/mol. The molecule has 0 aliphatic heterocycles. The Kier molecular flexibility index (Phi) is 12.3. The highest BCUT2D eigenvalue weighted by Gasteiger charge is 2.18. The summed E-state index contributed by atoms with van der Waals surface area (Å²) in [6.07, 6.45) is 1.33. The molecule has 1 atom stereocenters. The molecule has 2 N–H and O–H groups in total. The van der Waals surface area contributed by atoms with Crippen LogP contribution in [0.15, 0.2) is 78.9 Å². The third-order valence-electron chi connectivity index (χ3n) is 6.20. The first kappa shape index (κ1) is 30.5. The zero-order valence-electron chi connectivity index (χ0n) is 23.5. The number of benzene rings is 3. The minimum absolute atomic E-state index is 0.185. The van der Waals surface area contributed by atoms with Crippen molar-refractivity contribution in [2.24, 2.45) is 5.92 Å². The van der Waals surface area contributed by atoms with Crippen molar-refractivity contribution in [1.29, 1.82) is 0 Å². The summed E-state index contributed by atoms with van der Waals surface area (Å²) in [6.45, 7) is 7.83. The number of nitrogens with one attached hydrogen (secondary N) is 1. The van der Waals surface area contributed by atoms with Crippen molar-refractivity contribution in [2.45, 2.75) is 46.1 Å². The Hall–Kier alpha value is -4.04. The minimum Gasteiger partial charge on any atom is -0.492 e. The quantitative estimate of drug-likeness (QED) is 0.203. The topological polar surface area (TPSA) is 97.3 Å². The van der Waals surface area contributed by atoms with Crippen molar-refractivity contribution >= 4 is 17.7 Å². The van der Waals surface area contributed by atoms with Gasteiger partial charge in [-0.05, 0) is 79.8 Å². The summed E-state index contributed by atoms with van der Waals surface area (Å²) in [7, 11) is 0. The van der Waals surface area contributed by atoms with Gasteiger partial charge in [0.2, 0.25) is 0 Å². The summed E-state index contributed by atoms with van der Waals surface area (Å²) in [4.78, 5) is 26.2. The van der Waals surface area contributed by atoms with Crippen LogP contribution in [0.2, 0.25) is 0 Å². The first-order valence-corrected chi connectivity index (χ1v) is 13.8. The van der Waals surface area contributed by atoms with Gasteiger partial charge in [-0.15, -0.1) is 0 Å². The predicted molar refractivity (Wildman–Crippen MR) is 156 cm³/mol. The summed E-state index contributed by atoms with van der Waals surface area (Å²) in [5.74, 6) is 1.67. The Balaban J connectivity index is 1.53. The third-order valence-corrected chi connectivity index (χ3v) is 6.20. The van der Waals surface area contributed by atoms with Crippen LogP contribution in [0.5, 0.6) is 17.2 Å². The van der Waals surface area contributed by atoms with E-state index >= 15 is 0 Å². The number of hydrogen-bond acceptors (Lipinski definition) is 5. The average molecular weight is 549 g/mol. The molecule has 0 saturated heterocycles. The number of amides is 2. The number of nitrogens with zero attached hydrogens (tertiary/aromatic N) is 1. The zero-order chi connectivity index (χ0) is 28.7. The summed E-state index contributed by atoms with van der Waals surface area (Å²) >= 11 is 0. The van der Waals surface area contributed by atoms with Gasteiger partial charge in [0, 0.05) is 25.3 Å². The zero-order valence-corrected chi connectivity index (χ0v) is 23.5. The van der Waals surface area contributed by atoms with E-state index in [0.717, 1.165) is 24.2 Å². The Morgan fingerprint density at radius 3 is 2.15 bits per heavy atom. The van der Waals surface area contributed by atoms with Gasteiger partial charge in [0.1, 0.15) is 23.9 Å². The smallest absolute Gasteiger partial charge is 0.333 e. The maximum absolute atomic E-state index is 13.1. The van der Waals surface area contributed by atoms with Gasteiger partial charge < -0.3 is 29.5 Å². The second-order valence-corrected chi connectivity index (χ2v) is 9.87. The van der Waals surface area contributed by atoms with Gasteiger partial charge in [-0.25, -0.2) is 9.59 Å². The molecule has 0 aromatic heterocycles. The number of ether oxygens (including phenoxy) is 3. The van der Waals surface area contributed by atoms with Crippen LogP contribution in [-0.2, 0) is 16.0 Å². The van der Waals surface area contributed by atoms with E-state index in [9.17, 15) is 14.7 Å². The van der Waals surface area contributed by atoms with Gasteiger partial charge in [0.05, 0.1) is 6.54 Å². The highest BCUT2D eigenvalue weighted by molar-refractivity contribution is 5.89. The molecule has 0 aliphatic rings. The monoisotopic (exact) mass is 548 g/mol. The number of para-hydroxylation sites is 1. The van der Waals surface area contributed by atoms with Crippen LogP contribution in [-0.4, -0.2) is 54.4 Å². The molecule has 40 heavy (non-hydrogen) atoms. The number of rotatable bonds is 16. The number of urea groups is 1. The maximum atomic E-state index is 13.1. The Morgan fingerprint density at radius 1 is 0.875 bits per heavy atom. The molecule has 3 aromatic carbocycles. The Bertz CT molecular complexity index is 1170. The molecule has 0 heterocycles. The van der Waals surface area contributed by atoms with Crippen molar-refractivity contribution in [2.75, 3.05) is 31.6 Å². The lowest BCUT2D eigenvalue weighted by Crippen LogP contribution is -2.38. The number of carbonyl (C=O) groups excluding carboxylic acids is 1. The van der Waals surface area contributed by atoms with Crippen LogP contribution in [0.3, 0.4) is 0 Å². The van der Waals surface area contributed by atoms with Crippen LogP contribution >= 0.6 is 0 Å². The molecular formula is C32H40N2O6. The van der Waals surface area contributed by atoms with Crippen LogP contribution in [0, 0.1) is 5.92 Å². The second kappa shape index (κ2) is 16.2. The molecule has 8 nitrogen and oxygen atoms in total. The fraction of sp³-hybridized carbons (Fsp3) is 0.375. The van der Waals surface area contributed by atoms with E-state index in [2.05, 4.69) is 19.2 Å².